The minimum atomic E-state index is -0.334. The summed E-state index contributed by atoms with van der Waals surface area (Å²) >= 11 is 1.58. The van der Waals surface area contributed by atoms with Gasteiger partial charge in [-0.05, 0) is 50.4 Å². The maximum atomic E-state index is 12.5. The van der Waals surface area contributed by atoms with Gasteiger partial charge in [-0.3, -0.25) is 0 Å². The van der Waals surface area contributed by atoms with Crippen molar-refractivity contribution in [1.29, 1.82) is 0 Å². The van der Waals surface area contributed by atoms with Gasteiger partial charge in [0.05, 0.1) is 25.3 Å². The Morgan fingerprint density at radius 2 is 2.03 bits per heavy atom. The number of rotatable bonds is 7. The second kappa shape index (κ2) is 8.13. The number of aryl methyl sites for hydroxylation is 1. The molecular formula is C22H22N2O4S. The molecule has 0 saturated heterocycles. The molecule has 0 N–H and O–H groups in total. The molecule has 1 aromatic carbocycles. The molecule has 0 amide bonds. The van der Waals surface area contributed by atoms with Crippen LogP contribution in [0.5, 0.6) is 5.75 Å². The molecule has 6 nitrogen and oxygen atoms in total. The Labute approximate surface area is 172 Å². The number of oxazole rings is 1. The van der Waals surface area contributed by atoms with E-state index in [2.05, 4.69) is 0 Å². The Balaban J connectivity index is 1.73. The molecule has 3 heterocycles. The van der Waals surface area contributed by atoms with Gasteiger partial charge in [0, 0.05) is 5.39 Å². The van der Waals surface area contributed by atoms with E-state index in [1.165, 1.54) is 0 Å². The highest BCUT2D eigenvalue weighted by molar-refractivity contribution is 7.16. The van der Waals surface area contributed by atoms with Gasteiger partial charge in [-0.1, -0.05) is 12.1 Å². The number of esters is 1. The third-order valence-electron chi connectivity index (χ3n) is 4.60. The summed E-state index contributed by atoms with van der Waals surface area (Å²) in [6.45, 7) is 6.94. The zero-order valence-corrected chi connectivity index (χ0v) is 17.4. The van der Waals surface area contributed by atoms with E-state index in [4.69, 9.17) is 18.9 Å². The monoisotopic (exact) mass is 410 g/mol. The number of aromatic nitrogens is 2. The van der Waals surface area contributed by atoms with Crippen molar-refractivity contribution in [3.8, 4) is 17.2 Å². The minimum Gasteiger partial charge on any atom is -0.493 e. The second-order valence-electron chi connectivity index (χ2n) is 6.47. The van der Waals surface area contributed by atoms with E-state index in [0.29, 0.717) is 37.1 Å². The van der Waals surface area contributed by atoms with Crippen LogP contribution in [0.4, 0.5) is 0 Å². The predicted octanol–water partition coefficient (Wildman–Crippen LogP) is 5.29. The van der Waals surface area contributed by atoms with Crippen LogP contribution in [0.1, 0.15) is 35.8 Å². The molecule has 150 valence electrons. The first-order valence-corrected chi connectivity index (χ1v) is 10.4. The molecule has 7 heteroatoms. The van der Waals surface area contributed by atoms with Crippen molar-refractivity contribution in [3.05, 3.63) is 58.9 Å². The lowest BCUT2D eigenvalue weighted by Gasteiger charge is -2.08. The van der Waals surface area contributed by atoms with Crippen LogP contribution < -0.4 is 4.74 Å². The van der Waals surface area contributed by atoms with Crippen molar-refractivity contribution in [3.63, 3.8) is 0 Å². The molecule has 0 spiro atoms. The summed E-state index contributed by atoms with van der Waals surface area (Å²) in [6, 6.07) is 11.5. The first-order chi connectivity index (χ1) is 14.1. The third-order valence-corrected chi connectivity index (χ3v) is 5.56. The third kappa shape index (κ3) is 3.65. The molecule has 0 bridgehead atoms. The van der Waals surface area contributed by atoms with Gasteiger partial charge >= 0.3 is 5.97 Å². The zero-order chi connectivity index (χ0) is 20.4. The van der Waals surface area contributed by atoms with Crippen molar-refractivity contribution < 1.29 is 18.7 Å². The average Bonchev–Trinajstić information content (AvgIpc) is 3.39. The fraction of sp³-hybridized carbons (Fsp3) is 0.273. The first kappa shape index (κ1) is 19.3. The van der Waals surface area contributed by atoms with Crippen molar-refractivity contribution in [2.75, 3.05) is 13.2 Å². The van der Waals surface area contributed by atoms with Gasteiger partial charge in [-0.25, -0.2) is 9.78 Å². The van der Waals surface area contributed by atoms with Crippen LogP contribution in [-0.2, 0) is 11.3 Å². The number of ether oxygens (including phenoxy) is 2. The maximum absolute atomic E-state index is 12.5. The summed E-state index contributed by atoms with van der Waals surface area (Å²) in [7, 11) is 0. The van der Waals surface area contributed by atoms with Gasteiger partial charge in [0.15, 0.2) is 0 Å². The van der Waals surface area contributed by atoms with E-state index in [9.17, 15) is 4.79 Å². The minimum absolute atomic E-state index is 0.332. The molecule has 0 radical (unpaired) electrons. The topological polar surface area (TPSA) is 66.5 Å². The largest absolute Gasteiger partial charge is 0.493 e. The average molecular weight is 410 g/mol. The Hall–Kier alpha value is -3.06. The number of carbonyl (C=O) groups is 1. The molecule has 4 aromatic rings. The molecule has 0 atom stereocenters. The number of carbonyl (C=O) groups excluding carboxylic acids is 1. The summed E-state index contributed by atoms with van der Waals surface area (Å²) in [5, 5.41) is 3.02. The molecule has 0 fully saturated rings. The van der Waals surface area contributed by atoms with Crippen LogP contribution in [0.25, 0.3) is 21.7 Å². The molecule has 3 aromatic heterocycles. The van der Waals surface area contributed by atoms with Crippen LogP contribution in [0, 0.1) is 6.92 Å². The summed E-state index contributed by atoms with van der Waals surface area (Å²) in [6.07, 6.45) is 0. The Bertz CT molecular complexity index is 1150. The molecule has 0 aliphatic carbocycles. The van der Waals surface area contributed by atoms with Crippen molar-refractivity contribution >= 4 is 27.5 Å². The number of fused-ring (bicyclic) bond motifs is 1. The summed E-state index contributed by atoms with van der Waals surface area (Å²) in [5.74, 6) is 1.61. The Morgan fingerprint density at radius 3 is 2.83 bits per heavy atom. The van der Waals surface area contributed by atoms with E-state index in [1.807, 2.05) is 60.2 Å². The highest BCUT2D eigenvalue weighted by atomic mass is 32.1. The highest BCUT2D eigenvalue weighted by Crippen LogP contribution is 2.32. The van der Waals surface area contributed by atoms with Gasteiger partial charge in [0.2, 0.25) is 5.89 Å². The normalized spacial score (nSPS) is 11.1. The lowest BCUT2D eigenvalue weighted by Crippen LogP contribution is -2.13. The quantitative estimate of drug-likeness (QED) is 0.387. The van der Waals surface area contributed by atoms with Crippen molar-refractivity contribution in [2.45, 2.75) is 27.3 Å². The maximum Gasteiger partial charge on any atom is 0.355 e. The number of hydrogen-bond acceptors (Lipinski definition) is 6. The molecule has 0 aliphatic heterocycles. The van der Waals surface area contributed by atoms with Crippen LogP contribution >= 0.6 is 11.3 Å². The molecule has 0 aliphatic rings. The first-order valence-electron chi connectivity index (χ1n) is 9.54. The van der Waals surface area contributed by atoms with Crippen LogP contribution in [0.15, 0.2) is 46.2 Å². The van der Waals surface area contributed by atoms with Crippen LogP contribution in [0.2, 0.25) is 0 Å². The standard InChI is InChI=1S/C22H22N2O4S/c1-4-26-19-9-7-6-8-16(19)20-23-17(14(3)28-20)13-24-18(22(25)27-5-2)12-15-10-11-29-21(15)24/h6-12H,4-5,13H2,1-3H3. The van der Waals surface area contributed by atoms with Gasteiger partial charge in [-0.2, -0.15) is 0 Å². The SMILES string of the molecule is CCOC(=O)c1cc2ccsc2n1Cc1nc(-c2ccccc2OCC)oc1C. The van der Waals surface area contributed by atoms with Gasteiger partial charge in [0.25, 0.3) is 0 Å². The van der Waals surface area contributed by atoms with Gasteiger partial charge in [0.1, 0.15) is 27.7 Å². The molecular weight excluding hydrogens is 388 g/mol. The van der Waals surface area contributed by atoms with E-state index in [-0.39, 0.29) is 5.97 Å². The van der Waals surface area contributed by atoms with Gasteiger partial charge in [-0.15, -0.1) is 11.3 Å². The van der Waals surface area contributed by atoms with E-state index in [1.54, 1.807) is 18.3 Å². The lowest BCUT2D eigenvalue weighted by atomic mass is 10.2. The second-order valence-corrected chi connectivity index (χ2v) is 7.36. The number of nitrogens with zero attached hydrogens (tertiary/aromatic N) is 2. The summed E-state index contributed by atoms with van der Waals surface area (Å²) in [4.78, 5) is 18.2. The highest BCUT2D eigenvalue weighted by Gasteiger charge is 2.21. The fourth-order valence-electron chi connectivity index (χ4n) is 3.27. The number of para-hydroxylation sites is 1. The number of benzene rings is 1. The molecule has 0 saturated carbocycles. The zero-order valence-electron chi connectivity index (χ0n) is 16.6. The van der Waals surface area contributed by atoms with Crippen LogP contribution in [0.3, 0.4) is 0 Å². The smallest absolute Gasteiger partial charge is 0.355 e. The molecule has 0 unspecified atom stereocenters. The molecule has 4 rings (SSSR count). The number of thiophene rings is 1. The van der Waals surface area contributed by atoms with E-state index in [0.717, 1.165) is 27.2 Å². The Kier molecular flexibility index (Phi) is 5.40. The van der Waals surface area contributed by atoms with Crippen molar-refractivity contribution in [2.24, 2.45) is 0 Å². The van der Waals surface area contributed by atoms with Crippen molar-refractivity contribution in [1.82, 2.24) is 9.55 Å². The summed E-state index contributed by atoms with van der Waals surface area (Å²) in [5.41, 5.74) is 2.10. The lowest BCUT2D eigenvalue weighted by molar-refractivity contribution is 0.0515. The number of hydrogen-bond donors (Lipinski definition) is 0. The Morgan fingerprint density at radius 1 is 1.21 bits per heavy atom. The summed E-state index contributed by atoms with van der Waals surface area (Å²) < 4.78 is 18.8. The van der Waals surface area contributed by atoms with Crippen LogP contribution in [-0.4, -0.2) is 28.7 Å². The predicted molar refractivity (Wildman–Crippen MR) is 113 cm³/mol. The molecule has 29 heavy (non-hydrogen) atoms. The fourth-order valence-corrected chi connectivity index (χ4v) is 4.17. The van der Waals surface area contributed by atoms with E-state index >= 15 is 0 Å². The van der Waals surface area contributed by atoms with Gasteiger partial charge < -0.3 is 18.5 Å². The van der Waals surface area contributed by atoms with E-state index < -0.39 is 0 Å².